The molecule has 2 nitrogen and oxygen atoms in total. The van der Waals surface area contributed by atoms with Gasteiger partial charge in [0.05, 0.1) is 18.1 Å². The Balaban J connectivity index is 1.84. The molecule has 4 heteroatoms. The maximum absolute atomic E-state index is 12.2. The van der Waals surface area contributed by atoms with E-state index in [0.717, 1.165) is 29.3 Å². The van der Waals surface area contributed by atoms with E-state index in [1.807, 2.05) is 10.8 Å². The number of ether oxygens (including phenoxy) is 1. The standard InChI is InChI=1S/C11H11BrO2S/c12-9-5-15-4-8(9)11(13)7-3-6-1-2-10(7)14-6/h4-7,10H,1-3H2. The normalized spacial score (nSPS) is 33.5. The van der Waals surface area contributed by atoms with Crippen molar-refractivity contribution in [3.63, 3.8) is 0 Å². The highest BCUT2D eigenvalue weighted by Gasteiger charge is 2.44. The summed E-state index contributed by atoms with van der Waals surface area (Å²) in [6.07, 6.45) is 3.66. The molecule has 2 saturated heterocycles. The minimum atomic E-state index is 0.106. The molecule has 0 N–H and O–H groups in total. The molecule has 2 aliphatic rings. The lowest BCUT2D eigenvalue weighted by molar-refractivity contribution is 0.0743. The summed E-state index contributed by atoms with van der Waals surface area (Å²) in [7, 11) is 0. The Morgan fingerprint density at radius 2 is 2.33 bits per heavy atom. The van der Waals surface area contributed by atoms with Gasteiger partial charge in [-0.15, -0.1) is 0 Å². The average molecular weight is 287 g/mol. The maximum atomic E-state index is 12.2. The molecule has 3 unspecified atom stereocenters. The van der Waals surface area contributed by atoms with E-state index in [9.17, 15) is 4.79 Å². The van der Waals surface area contributed by atoms with Gasteiger partial charge in [0.1, 0.15) is 0 Å². The number of carbonyl (C=O) groups is 1. The van der Waals surface area contributed by atoms with Crippen molar-refractivity contribution in [2.45, 2.75) is 31.5 Å². The quantitative estimate of drug-likeness (QED) is 0.780. The number of Topliss-reactive ketones (excluding diaryl/α,β-unsaturated/α-hetero) is 1. The molecule has 1 aromatic rings. The number of halogens is 1. The van der Waals surface area contributed by atoms with Gasteiger partial charge in [-0.2, -0.15) is 11.3 Å². The van der Waals surface area contributed by atoms with Gasteiger partial charge in [0.25, 0.3) is 0 Å². The fourth-order valence-corrected chi connectivity index (χ4v) is 4.05. The summed E-state index contributed by atoms with van der Waals surface area (Å²) < 4.78 is 6.64. The zero-order valence-corrected chi connectivity index (χ0v) is 10.5. The molecule has 3 rings (SSSR count). The molecule has 0 saturated carbocycles. The lowest BCUT2D eigenvalue weighted by Crippen LogP contribution is -2.25. The average Bonchev–Trinajstić information content (AvgIpc) is 2.91. The molecule has 2 fully saturated rings. The molecule has 15 heavy (non-hydrogen) atoms. The Bertz CT molecular complexity index is 401. The van der Waals surface area contributed by atoms with Crippen LogP contribution < -0.4 is 0 Å². The lowest BCUT2D eigenvalue weighted by atomic mass is 9.84. The van der Waals surface area contributed by atoms with Crippen LogP contribution in [0.5, 0.6) is 0 Å². The fraction of sp³-hybridized carbons (Fsp3) is 0.545. The number of thiophene rings is 1. The van der Waals surface area contributed by atoms with E-state index in [0.29, 0.717) is 6.10 Å². The third-order valence-electron chi connectivity index (χ3n) is 3.32. The Labute approximate surface area is 101 Å². The summed E-state index contributed by atoms with van der Waals surface area (Å²) in [5.74, 6) is 0.366. The second-order valence-electron chi connectivity index (χ2n) is 4.21. The zero-order chi connectivity index (χ0) is 10.4. The molecule has 0 radical (unpaired) electrons. The van der Waals surface area contributed by atoms with Crippen molar-refractivity contribution in [3.8, 4) is 0 Å². The fourth-order valence-electron chi connectivity index (χ4n) is 2.57. The van der Waals surface area contributed by atoms with Crippen LogP contribution in [0.3, 0.4) is 0 Å². The summed E-state index contributed by atoms with van der Waals surface area (Å²) >= 11 is 4.98. The van der Waals surface area contributed by atoms with Gasteiger partial charge in [-0.1, -0.05) is 0 Å². The first-order chi connectivity index (χ1) is 7.25. The van der Waals surface area contributed by atoms with Gasteiger partial charge in [-0.25, -0.2) is 0 Å². The highest BCUT2D eigenvalue weighted by atomic mass is 79.9. The van der Waals surface area contributed by atoms with Crippen LogP contribution in [0, 0.1) is 5.92 Å². The molecule has 2 aliphatic heterocycles. The molecule has 3 atom stereocenters. The molecule has 0 amide bonds. The van der Waals surface area contributed by atoms with Crippen molar-refractivity contribution >= 4 is 33.0 Å². The molecule has 0 aromatic carbocycles. The van der Waals surface area contributed by atoms with E-state index in [-0.39, 0.29) is 17.8 Å². The molecular weight excluding hydrogens is 276 g/mol. The van der Waals surface area contributed by atoms with Gasteiger partial charge < -0.3 is 4.74 Å². The van der Waals surface area contributed by atoms with Crippen LogP contribution in [0.2, 0.25) is 0 Å². The van der Waals surface area contributed by atoms with Crippen molar-refractivity contribution in [2.75, 3.05) is 0 Å². The van der Waals surface area contributed by atoms with E-state index in [1.165, 1.54) is 0 Å². The third kappa shape index (κ3) is 1.59. The highest BCUT2D eigenvalue weighted by Crippen LogP contribution is 2.41. The van der Waals surface area contributed by atoms with Crippen LogP contribution in [0.1, 0.15) is 29.6 Å². The van der Waals surface area contributed by atoms with Crippen LogP contribution in [-0.2, 0) is 4.74 Å². The lowest BCUT2D eigenvalue weighted by Gasteiger charge is -2.16. The van der Waals surface area contributed by atoms with Crippen LogP contribution in [0.4, 0.5) is 0 Å². The van der Waals surface area contributed by atoms with Crippen molar-refractivity contribution in [2.24, 2.45) is 5.92 Å². The van der Waals surface area contributed by atoms with E-state index >= 15 is 0 Å². The zero-order valence-electron chi connectivity index (χ0n) is 8.11. The number of carbonyl (C=O) groups excluding carboxylic acids is 1. The topological polar surface area (TPSA) is 26.3 Å². The molecule has 3 heterocycles. The predicted octanol–water partition coefficient (Wildman–Crippen LogP) is 3.26. The van der Waals surface area contributed by atoms with E-state index in [2.05, 4.69) is 15.9 Å². The second-order valence-corrected chi connectivity index (χ2v) is 5.81. The molecule has 0 aliphatic carbocycles. The molecule has 2 bridgehead atoms. The Hall–Kier alpha value is -0.190. The first kappa shape index (κ1) is 10.00. The van der Waals surface area contributed by atoms with Crippen molar-refractivity contribution in [1.82, 2.24) is 0 Å². The van der Waals surface area contributed by atoms with Gasteiger partial charge in [0, 0.05) is 20.8 Å². The monoisotopic (exact) mass is 286 g/mol. The summed E-state index contributed by atoms with van der Waals surface area (Å²) in [6, 6.07) is 0. The summed E-state index contributed by atoms with van der Waals surface area (Å²) in [5.41, 5.74) is 0.834. The SMILES string of the molecule is O=C(c1cscc1Br)C1CC2CCC1O2. The molecule has 1 aromatic heterocycles. The smallest absolute Gasteiger partial charge is 0.170 e. The van der Waals surface area contributed by atoms with E-state index in [1.54, 1.807) is 11.3 Å². The van der Waals surface area contributed by atoms with E-state index in [4.69, 9.17) is 4.74 Å². The van der Waals surface area contributed by atoms with Crippen LogP contribution in [-0.4, -0.2) is 18.0 Å². The van der Waals surface area contributed by atoms with Crippen molar-refractivity contribution in [3.05, 3.63) is 20.8 Å². The number of hydrogen-bond acceptors (Lipinski definition) is 3. The molecular formula is C11H11BrO2S. The molecule has 80 valence electrons. The Kier molecular flexibility index (Phi) is 2.45. The predicted molar refractivity (Wildman–Crippen MR) is 62.4 cm³/mol. The van der Waals surface area contributed by atoms with Crippen molar-refractivity contribution < 1.29 is 9.53 Å². The van der Waals surface area contributed by atoms with Gasteiger partial charge >= 0.3 is 0 Å². The Morgan fingerprint density at radius 1 is 1.47 bits per heavy atom. The summed E-state index contributed by atoms with van der Waals surface area (Å²) in [6.45, 7) is 0. The van der Waals surface area contributed by atoms with Gasteiger partial charge in [-0.3, -0.25) is 4.79 Å². The first-order valence-corrected chi connectivity index (χ1v) is 6.90. The van der Waals surface area contributed by atoms with Crippen LogP contribution in [0.25, 0.3) is 0 Å². The largest absolute Gasteiger partial charge is 0.374 e. The number of fused-ring (bicyclic) bond motifs is 2. The number of ketones is 1. The Morgan fingerprint density at radius 3 is 2.87 bits per heavy atom. The minimum Gasteiger partial charge on any atom is -0.374 e. The summed E-state index contributed by atoms with van der Waals surface area (Å²) in [5, 5.41) is 3.89. The minimum absolute atomic E-state index is 0.106. The van der Waals surface area contributed by atoms with Gasteiger partial charge in [-0.05, 0) is 35.2 Å². The maximum Gasteiger partial charge on any atom is 0.170 e. The van der Waals surface area contributed by atoms with Crippen molar-refractivity contribution in [1.29, 1.82) is 0 Å². The molecule has 0 spiro atoms. The number of rotatable bonds is 2. The van der Waals surface area contributed by atoms with Gasteiger partial charge in [0.15, 0.2) is 5.78 Å². The second kappa shape index (κ2) is 3.68. The van der Waals surface area contributed by atoms with Crippen LogP contribution >= 0.6 is 27.3 Å². The van der Waals surface area contributed by atoms with Gasteiger partial charge in [0.2, 0.25) is 0 Å². The van der Waals surface area contributed by atoms with E-state index < -0.39 is 0 Å². The van der Waals surface area contributed by atoms with Crippen LogP contribution in [0.15, 0.2) is 15.2 Å². The number of hydrogen-bond donors (Lipinski definition) is 0. The highest BCUT2D eigenvalue weighted by molar-refractivity contribution is 9.10. The third-order valence-corrected chi connectivity index (χ3v) is 5.03. The first-order valence-electron chi connectivity index (χ1n) is 5.17. The summed E-state index contributed by atoms with van der Waals surface area (Å²) in [4.78, 5) is 12.2.